The zero-order chi connectivity index (χ0) is 12.1. The van der Waals surface area contributed by atoms with Crippen molar-refractivity contribution in [2.24, 2.45) is 5.92 Å². The summed E-state index contributed by atoms with van der Waals surface area (Å²) < 4.78 is 26.0. The number of carbonyl (C=O) groups excluding carboxylic acids is 1. The van der Waals surface area contributed by atoms with E-state index in [1.807, 2.05) is 13.8 Å². The fraction of sp³-hybridized carbons (Fsp3) is 0.462. The van der Waals surface area contributed by atoms with Crippen molar-refractivity contribution in [3.05, 3.63) is 35.4 Å². The van der Waals surface area contributed by atoms with Crippen LogP contribution < -0.4 is 0 Å². The molecule has 0 unspecified atom stereocenters. The van der Waals surface area contributed by atoms with E-state index in [9.17, 15) is 13.6 Å². The third-order valence-electron chi connectivity index (χ3n) is 2.40. The SMILES string of the molecule is CC(C)CCC(=O)Cc1cc(F)ccc1F. The maximum atomic E-state index is 13.2. The van der Waals surface area contributed by atoms with Crippen molar-refractivity contribution in [3.63, 3.8) is 0 Å². The summed E-state index contributed by atoms with van der Waals surface area (Å²) in [7, 11) is 0. The predicted molar refractivity (Wildman–Crippen MR) is 59.1 cm³/mol. The number of hydrogen-bond donors (Lipinski definition) is 0. The molecule has 1 rings (SSSR count). The molecule has 0 aliphatic rings. The fourth-order valence-corrected chi connectivity index (χ4v) is 1.43. The van der Waals surface area contributed by atoms with Crippen molar-refractivity contribution in [1.82, 2.24) is 0 Å². The quantitative estimate of drug-likeness (QED) is 0.750. The molecule has 1 nitrogen and oxygen atoms in total. The van der Waals surface area contributed by atoms with E-state index in [0.717, 1.165) is 24.6 Å². The summed E-state index contributed by atoms with van der Waals surface area (Å²) in [4.78, 5) is 11.5. The van der Waals surface area contributed by atoms with Gasteiger partial charge in [-0.15, -0.1) is 0 Å². The van der Waals surface area contributed by atoms with E-state index in [4.69, 9.17) is 0 Å². The first kappa shape index (κ1) is 12.8. The van der Waals surface area contributed by atoms with E-state index in [0.29, 0.717) is 12.3 Å². The Morgan fingerprint density at radius 3 is 2.62 bits per heavy atom. The van der Waals surface area contributed by atoms with Crippen LogP contribution in [0.25, 0.3) is 0 Å². The van der Waals surface area contributed by atoms with Gasteiger partial charge in [0.25, 0.3) is 0 Å². The van der Waals surface area contributed by atoms with Gasteiger partial charge >= 0.3 is 0 Å². The minimum Gasteiger partial charge on any atom is -0.299 e. The molecule has 3 heteroatoms. The first-order valence-corrected chi connectivity index (χ1v) is 5.44. The normalized spacial score (nSPS) is 10.8. The zero-order valence-corrected chi connectivity index (χ0v) is 9.59. The Labute approximate surface area is 94.5 Å². The summed E-state index contributed by atoms with van der Waals surface area (Å²) in [6.07, 6.45) is 1.19. The molecule has 16 heavy (non-hydrogen) atoms. The molecular formula is C13H16F2O. The van der Waals surface area contributed by atoms with Gasteiger partial charge in [-0.25, -0.2) is 8.78 Å². The van der Waals surface area contributed by atoms with Crippen LogP contribution in [-0.2, 0) is 11.2 Å². The molecule has 0 saturated carbocycles. The molecule has 0 bridgehead atoms. The largest absolute Gasteiger partial charge is 0.299 e. The summed E-state index contributed by atoms with van der Waals surface area (Å²) in [6.45, 7) is 4.05. The van der Waals surface area contributed by atoms with E-state index in [1.165, 1.54) is 0 Å². The highest BCUT2D eigenvalue weighted by Gasteiger charge is 2.09. The molecule has 0 aliphatic carbocycles. The van der Waals surface area contributed by atoms with E-state index in [2.05, 4.69) is 0 Å². The number of hydrogen-bond acceptors (Lipinski definition) is 1. The van der Waals surface area contributed by atoms with Gasteiger partial charge in [-0.2, -0.15) is 0 Å². The van der Waals surface area contributed by atoms with Crippen molar-refractivity contribution in [2.45, 2.75) is 33.1 Å². The molecule has 1 aromatic carbocycles. The van der Waals surface area contributed by atoms with Crippen molar-refractivity contribution in [1.29, 1.82) is 0 Å². The molecule has 0 aromatic heterocycles. The molecule has 0 atom stereocenters. The number of rotatable bonds is 5. The van der Waals surface area contributed by atoms with Crippen LogP contribution >= 0.6 is 0 Å². The first-order valence-electron chi connectivity index (χ1n) is 5.44. The molecule has 0 spiro atoms. The standard InChI is InChI=1S/C13H16F2O/c1-9(2)3-5-12(16)8-10-7-11(14)4-6-13(10)15/h4,6-7,9H,3,5,8H2,1-2H3. The lowest BCUT2D eigenvalue weighted by atomic mass is 10.0. The van der Waals surface area contributed by atoms with Crippen LogP contribution in [0.5, 0.6) is 0 Å². The molecule has 0 heterocycles. The zero-order valence-electron chi connectivity index (χ0n) is 9.59. The molecule has 1 aromatic rings. The van der Waals surface area contributed by atoms with Crippen molar-refractivity contribution in [3.8, 4) is 0 Å². The Kier molecular flexibility index (Phi) is 4.59. The number of benzene rings is 1. The van der Waals surface area contributed by atoms with Crippen LogP contribution in [0.15, 0.2) is 18.2 Å². The van der Waals surface area contributed by atoms with E-state index in [-0.39, 0.29) is 17.8 Å². The second kappa shape index (κ2) is 5.73. The van der Waals surface area contributed by atoms with Gasteiger partial charge in [-0.3, -0.25) is 4.79 Å². The van der Waals surface area contributed by atoms with Crippen molar-refractivity contribution in [2.75, 3.05) is 0 Å². The third kappa shape index (κ3) is 4.09. The van der Waals surface area contributed by atoms with Crippen LogP contribution in [0.3, 0.4) is 0 Å². The van der Waals surface area contributed by atoms with Gasteiger partial charge < -0.3 is 0 Å². The lowest BCUT2D eigenvalue weighted by Gasteiger charge is -2.05. The van der Waals surface area contributed by atoms with Crippen LogP contribution in [0, 0.1) is 17.6 Å². The highest BCUT2D eigenvalue weighted by atomic mass is 19.1. The first-order chi connectivity index (χ1) is 7.49. The lowest BCUT2D eigenvalue weighted by molar-refractivity contribution is -0.118. The minimum atomic E-state index is -0.515. The summed E-state index contributed by atoms with van der Waals surface area (Å²) in [5, 5.41) is 0. The predicted octanol–water partition coefficient (Wildman–Crippen LogP) is 3.51. The number of carbonyl (C=O) groups is 1. The molecule has 0 aliphatic heterocycles. The van der Waals surface area contributed by atoms with Crippen molar-refractivity contribution >= 4 is 5.78 Å². The Balaban J connectivity index is 2.59. The average Bonchev–Trinajstić information content (AvgIpc) is 2.20. The molecule has 0 N–H and O–H groups in total. The molecule has 0 radical (unpaired) electrons. The number of Topliss-reactive ketones (excluding diaryl/α,β-unsaturated/α-hetero) is 1. The number of halogens is 2. The van der Waals surface area contributed by atoms with Gasteiger partial charge in [-0.1, -0.05) is 13.8 Å². The number of ketones is 1. The Morgan fingerprint density at radius 2 is 2.00 bits per heavy atom. The second-order valence-electron chi connectivity index (χ2n) is 4.38. The van der Waals surface area contributed by atoms with Gasteiger partial charge in [0.15, 0.2) is 0 Å². The van der Waals surface area contributed by atoms with E-state index >= 15 is 0 Å². The summed E-state index contributed by atoms with van der Waals surface area (Å²) in [5.74, 6) is -0.619. The van der Waals surface area contributed by atoms with Gasteiger partial charge in [0.1, 0.15) is 17.4 Å². The van der Waals surface area contributed by atoms with Gasteiger partial charge in [0, 0.05) is 12.8 Å². The second-order valence-corrected chi connectivity index (χ2v) is 4.38. The smallest absolute Gasteiger partial charge is 0.137 e. The summed E-state index contributed by atoms with van der Waals surface area (Å²) >= 11 is 0. The van der Waals surface area contributed by atoms with Gasteiger partial charge in [0.05, 0.1) is 0 Å². The highest BCUT2D eigenvalue weighted by molar-refractivity contribution is 5.80. The Bertz CT molecular complexity index is 372. The highest BCUT2D eigenvalue weighted by Crippen LogP contribution is 2.13. The average molecular weight is 226 g/mol. The van der Waals surface area contributed by atoms with Crippen LogP contribution in [-0.4, -0.2) is 5.78 Å². The van der Waals surface area contributed by atoms with Crippen molar-refractivity contribution < 1.29 is 13.6 Å². The molecular weight excluding hydrogens is 210 g/mol. The topological polar surface area (TPSA) is 17.1 Å². The Hall–Kier alpha value is -1.25. The molecule has 0 amide bonds. The molecule has 88 valence electrons. The maximum absolute atomic E-state index is 13.2. The van der Waals surface area contributed by atoms with Gasteiger partial charge in [0.2, 0.25) is 0 Å². The van der Waals surface area contributed by atoms with E-state index in [1.54, 1.807) is 0 Å². The fourth-order valence-electron chi connectivity index (χ4n) is 1.43. The van der Waals surface area contributed by atoms with Crippen LogP contribution in [0.2, 0.25) is 0 Å². The molecule has 0 fully saturated rings. The van der Waals surface area contributed by atoms with Crippen LogP contribution in [0.4, 0.5) is 8.78 Å². The Morgan fingerprint density at radius 1 is 1.31 bits per heavy atom. The molecule has 0 saturated heterocycles. The minimum absolute atomic E-state index is 0.0175. The monoisotopic (exact) mass is 226 g/mol. The van der Waals surface area contributed by atoms with Gasteiger partial charge in [-0.05, 0) is 36.1 Å². The lowest BCUT2D eigenvalue weighted by Crippen LogP contribution is -2.06. The maximum Gasteiger partial charge on any atom is 0.137 e. The third-order valence-corrected chi connectivity index (χ3v) is 2.40. The summed E-state index contributed by atoms with van der Waals surface area (Å²) in [5.41, 5.74) is 0.147. The summed E-state index contributed by atoms with van der Waals surface area (Å²) in [6, 6.07) is 3.19. The van der Waals surface area contributed by atoms with Crippen LogP contribution in [0.1, 0.15) is 32.3 Å². The van der Waals surface area contributed by atoms with E-state index < -0.39 is 11.6 Å².